The summed E-state index contributed by atoms with van der Waals surface area (Å²) in [7, 11) is 0. The predicted molar refractivity (Wildman–Crippen MR) is 123 cm³/mol. The summed E-state index contributed by atoms with van der Waals surface area (Å²) < 4.78 is 8.10. The van der Waals surface area contributed by atoms with Crippen molar-refractivity contribution in [3.63, 3.8) is 0 Å². The van der Waals surface area contributed by atoms with Gasteiger partial charge in [0.15, 0.2) is 11.6 Å². The summed E-state index contributed by atoms with van der Waals surface area (Å²) in [6.45, 7) is 7.30. The molecule has 0 aromatic carbocycles. The first-order valence-electron chi connectivity index (χ1n) is 11.5. The Morgan fingerprint density at radius 2 is 1.84 bits per heavy atom. The van der Waals surface area contributed by atoms with Gasteiger partial charge in [0.25, 0.3) is 0 Å². The van der Waals surface area contributed by atoms with Crippen molar-refractivity contribution in [1.29, 1.82) is 0 Å². The highest BCUT2D eigenvalue weighted by molar-refractivity contribution is 5.68. The molecule has 4 rings (SSSR count). The number of nitrogens with zero attached hydrogens (tertiary/aromatic N) is 5. The molecule has 3 aromatic heterocycles. The van der Waals surface area contributed by atoms with Crippen molar-refractivity contribution in [1.82, 2.24) is 24.7 Å². The number of hydrogen-bond donors (Lipinski definition) is 0. The van der Waals surface area contributed by atoms with Crippen LogP contribution in [0.25, 0.3) is 22.5 Å². The highest BCUT2D eigenvalue weighted by atomic mass is 16.5. The molecule has 1 atom stereocenters. The van der Waals surface area contributed by atoms with Gasteiger partial charge in [-0.25, -0.2) is 9.67 Å². The van der Waals surface area contributed by atoms with E-state index in [1.165, 1.54) is 19.3 Å². The number of unbranched alkanes of at least 4 members (excludes halogenated alkanes) is 3. The average Bonchev–Trinajstić information content (AvgIpc) is 3.21. The Morgan fingerprint density at radius 3 is 2.61 bits per heavy atom. The smallest absolute Gasteiger partial charge is 0.160 e. The lowest BCUT2D eigenvalue weighted by Gasteiger charge is -2.35. The molecule has 1 aliphatic heterocycles. The Bertz CT molecular complexity index is 983. The number of rotatable bonds is 8. The Morgan fingerprint density at radius 1 is 1.03 bits per heavy atom. The Balaban J connectivity index is 1.67. The fourth-order valence-electron chi connectivity index (χ4n) is 4.31. The standard InChI is InChI=1S/C25H33N5O/c1-4-5-6-7-8-23-28-24(30(29-23)22-11-14-31-25(2,3)16-22)21-15-20(17-27-18-21)19-9-12-26-13-10-19/h9-10,12-13,15,17-18,22H,4-8,11,14,16H2,1-3H3. The topological polar surface area (TPSA) is 65.7 Å². The summed E-state index contributed by atoms with van der Waals surface area (Å²) in [5.74, 6) is 1.85. The summed E-state index contributed by atoms with van der Waals surface area (Å²) in [6.07, 6.45) is 15.1. The Hall–Kier alpha value is -2.60. The minimum atomic E-state index is -0.148. The van der Waals surface area contributed by atoms with Crippen LogP contribution in [0.5, 0.6) is 0 Å². The van der Waals surface area contributed by atoms with Gasteiger partial charge in [0, 0.05) is 48.9 Å². The van der Waals surface area contributed by atoms with Crippen LogP contribution in [0.1, 0.15) is 71.2 Å². The van der Waals surface area contributed by atoms with Gasteiger partial charge in [0.2, 0.25) is 0 Å². The summed E-state index contributed by atoms with van der Waals surface area (Å²) in [4.78, 5) is 13.6. The van der Waals surface area contributed by atoms with Crippen LogP contribution in [0, 0.1) is 0 Å². The second kappa shape index (κ2) is 9.69. The lowest BCUT2D eigenvalue weighted by Crippen LogP contribution is -2.35. The summed E-state index contributed by atoms with van der Waals surface area (Å²) in [5.41, 5.74) is 3.02. The molecule has 3 aromatic rings. The highest BCUT2D eigenvalue weighted by Gasteiger charge is 2.32. The van der Waals surface area contributed by atoms with Crippen molar-refractivity contribution in [3.8, 4) is 22.5 Å². The zero-order chi connectivity index (χ0) is 21.7. The van der Waals surface area contributed by atoms with Crippen LogP contribution in [-0.2, 0) is 11.2 Å². The van der Waals surface area contributed by atoms with Crippen LogP contribution >= 0.6 is 0 Å². The minimum absolute atomic E-state index is 0.148. The zero-order valence-corrected chi connectivity index (χ0v) is 18.9. The van der Waals surface area contributed by atoms with E-state index in [2.05, 4.69) is 41.5 Å². The van der Waals surface area contributed by atoms with Gasteiger partial charge >= 0.3 is 0 Å². The van der Waals surface area contributed by atoms with Crippen molar-refractivity contribution >= 4 is 0 Å². The van der Waals surface area contributed by atoms with Crippen LogP contribution < -0.4 is 0 Å². The Labute approximate surface area is 185 Å². The molecular weight excluding hydrogens is 386 g/mol. The SMILES string of the molecule is CCCCCCc1nc(-c2cncc(-c3ccncc3)c2)n(C2CCOC(C)(C)C2)n1. The number of hydrogen-bond acceptors (Lipinski definition) is 5. The van der Waals surface area contributed by atoms with Gasteiger partial charge < -0.3 is 4.74 Å². The molecule has 0 amide bonds. The molecule has 6 nitrogen and oxygen atoms in total. The van der Waals surface area contributed by atoms with Gasteiger partial charge in [-0.05, 0) is 56.9 Å². The van der Waals surface area contributed by atoms with Crippen LogP contribution in [0.15, 0.2) is 43.0 Å². The highest BCUT2D eigenvalue weighted by Crippen LogP contribution is 2.35. The third kappa shape index (κ3) is 5.37. The molecule has 1 unspecified atom stereocenters. The number of pyridine rings is 2. The summed E-state index contributed by atoms with van der Waals surface area (Å²) in [5, 5.41) is 4.99. The molecule has 0 spiro atoms. The van der Waals surface area contributed by atoms with Gasteiger partial charge in [-0.3, -0.25) is 9.97 Å². The number of aromatic nitrogens is 5. The third-order valence-corrected chi connectivity index (χ3v) is 5.96. The zero-order valence-electron chi connectivity index (χ0n) is 18.9. The van der Waals surface area contributed by atoms with Gasteiger partial charge in [-0.2, -0.15) is 5.10 Å². The van der Waals surface area contributed by atoms with Crippen molar-refractivity contribution in [3.05, 3.63) is 48.8 Å². The second-order valence-corrected chi connectivity index (χ2v) is 9.06. The maximum Gasteiger partial charge on any atom is 0.160 e. The molecule has 0 radical (unpaired) electrons. The molecule has 0 aliphatic carbocycles. The molecular formula is C25H33N5O. The van der Waals surface area contributed by atoms with Gasteiger partial charge in [0.05, 0.1) is 11.6 Å². The Kier molecular flexibility index (Phi) is 6.76. The largest absolute Gasteiger partial charge is 0.375 e. The maximum absolute atomic E-state index is 5.96. The molecule has 1 fully saturated rings. The van der Waals surface area contributed by atoms with Crippen molar-refractivity contribution < 1.29 is 4.74 Å². The predicted octanol–water partition coefficient (Wildman–Crippen LogP) is 5.66. The lowest BCUT2D eigenvalue weighted by molar-refractivity contribution is -0.0706. The summed E-state index contributed by atoms with van der Waals surface area (Å²) >= 11 is 0. The van der Waals surface area contributed by atoms with E-state index in [1.54, 1.807) is 0 Å². The lowest BCUT2D eigenvalue weighted by atomic mass is 9.94. The normalized spacial score (nSPS) is 18.2. The number of ether oxygens (including phenoxy) is 1. The van der Waals surface area contributed by atoms with E-state index in [0.717, 1.165) is 60.6 Å². The van der Waals surface area contributed by atoms with E-state index in [9.17, 15) is 0 Å². The molecule has 0 bridgehead atoms. The van der Waals surface area contributed by atoms with E-state index >= 15 is 0 Å². The summed E-state index contributed by atoms with van der Waals surface area (Å²) in [6, 6.07) is 6.45. The first kappa shape index (κ1) is 21.6. The van der Waals surface area contributed by atoms with Gasteiger partial charge in [-0.15, -0.1) is 0 Å². The van der Waals surface area contributed by atoms with Crippen molar-refractivity contribution in [2.24, 2.45) is 0 Å². The number of aryl methyl sites for hydroxylation is 1. The molecule has 0 saturated carbocycles. The van der Waals surface area contributed by atoms with Crippen molar-refractivity contribution in [2.75, 3.05) is 6.61 Å². The molecule has 164 valence electrons. The first-order valence-corrected chi connectivity index (χ1v) is 11.5. The fourth-order valence-corrected chi connectivity index (χ4v) is 4.31. The molecule has 0 N–H and O–H groups in total. The minimum Gasteiger partial charge on any atom is -0.375 e. The second-order valence-electron chi connectivity index (χ2n) is 9.06. The van der Waals surface area contributed by atoms with Crippen LogP contribution in [0.3, 0.4) is 0 Å². The van der Waals surface area contributed by atoms with Crippen molar-refractivity contribution in [2.45, 2.75) is 77.4 Å². The van der Waals surface area contributed by atoms with Gasteiger partial charge in [-0.1, -0.05) is 26.2 Å². The molecule has 31 heavy (non-hydrogen) atoms. The average molecular weight is 420 g/mol. The molecule has 1 saturated heterocycles. The molecule has 6 heteroatoms. The van der Waals surface area contributed by atoms with Crippen LogP contribution in [0.2, 0.25) is 0 Å². The van der Waals surface area contributed by atoms with E-state index in [4.69, 9.17) is 14.8 Å². The molecule has 4 heterocycles. The van der Waals surface area contributed by atoms with Crippen LogP contribution in [-0.4, -0.2) is 36.9 Å². The van der Waals surface area contributed by atoms with Gasteiger partial charge in [0.1, 0.15) is 0 Å². The monoisotopic (exact) mass is 419 g/mol. The fraction of sp³-hybridized carbons (Fsp3) is 0.520. The van der Waals surface area contributed by atoms with E-state index in [0.29, 0.717) is 0 Å². The van der Waals surface area contributed by atoms with Crippen LogP contribution in [0.4, 0.5) is 0 Å². The van der Waals surface area contributed by atoms with E-state index in [-0.39, 0.29) is 11.6 Å². The third-order valence-electron chi connectivity index (χ3n) is 5.96. The van der Waals surface area contributed by atoms with E-state index in [1.807, 2.05) is 36.9 Å². The maximum atomic E-state index is 5.96. The first-order chi connectivity index (χ1) is 15.1. The molecule has 1 aliphatic rings. The quantitative estimate of drug-likeness (QED) is 0.441. The van der Waals surface area contributed by atoms with E-state index < -0.39 is 0 Å².